The van der Waals surface area contributed by atoms with Crippen LogP contribution in [0.5, 0.6) is 11.5 Å². The maximum Gasteiger partial charge on any atom is 0.274 e. The van der Waals surface area contributed by atoms with E-state index in [0.717, 1.165) is 22.2 Å². The third-order valence-electron chi connectivity index (χ3n) is 5.46. The molecule has 0 saturated heterocycles. The van der Waals surface area contributed by atoms with Crippen LogP contribution in [0.15, 0.2) is 69.9 Å². The minimum atomic E-state index is -0.283. The SMILES string of the molecule is CCOc1cc(/C=c2\sc3nc4ccccc4n3c2=O)cc(Br)c1OCC(=O)Nc1ccc(C)cc1. The van der Waals surface area contributed by atoms with Gasteiger partial charge in [0.2, 0.25) is 0 Å². The summed E-state index contributed by atoms with van der Waals surface area (Å²) >= 11 is 4.87. The summed E-state index contributed by atoms with van der Waals surface area (Å²) in [6, 6.07) is 18.7. The average molecular weight is 564 g/mol. The molecule has 2 aromatic heterocycles. The summed E-state index contributed by atoms with van der Waals surface area (Å²) in [5.41, 5.74) is 4.03. The maximum absolute atomic E-state index is 13.1. The number of hydrogen-bond donors (Lipinski definition) is 1. The highest BCUT2D eigenvalue weighted by Crippen LogP contribution is 2.37. The van der Waals surface area contributed by atoms with Crippen LogP contribution >= 0.6 is 27.3 Å². The maximum atomic E-state index is 13.1. The molecule has 3 aromatic carbocycles. The molecule has 0 aliphatic rings. The number of halogens is 1. The molecule has 0 atom stereocenters. The minimum absolute atomic E-state index is 0.120. The first kappa shape index (κ1) is 24.0. The second-order valence-corrected chi connectivity index (χ2v) is 9.96. The Bertz CT molecular complexity index is 1690. The van der Waals surface area contributed by atoms with Crippen LogP contribution in [0.4, 0.5) is 5.69 Å². The largest absolute Gasteiger partial charge is 0.490 e. The van der Waals surface area contributed by atoms with Crippen LogP contribution in [0, 0.1) is 6.92 Å². The second-order valence-electron chi connectivity index (χ2n) is 8.10. The van der Waals surface area contributed by atoms with Gasteiger partial charge in [0.15, 0.2) is 23.1 Å². The molecular formula is C27H22BrN3O4S. The first-order valence-corrected chi connectivity index (χ1v) is 12.9. The summed E-state index contributed by atoms with van der Waals surface area (Å²) < 4.78 is 14.4. The number of rotatable bonds is 7. The van der Waals surface area contributed by atoms with E-state index in [4.69, 9.17) is 9.47 Å². The number of imidazole rings is 1. The van der Waals surface area contributed by atoms with Gasteiger partial charge >= 0.3 is 0 Å². The van der Waals surface area contributed by atoms with Gasteiger partial charge in [0.1, 0.15) is 0 Å². The molecule has 0 spiro atoms. The lowest BCUT2D eigenvalue weighted by atomic mass is 10.2. The van der Waals surface area contributed by atoms with E-state index in [0.29, 0.717) is 37.8 Å². The molecule has 9 heteroatoms. The summed E-state index contributed by atoms with van der Waals surface area (Å²) in [5, 5.41) is 2.82. The van der Waals surface area contributed by atoms with Crippen molar-refractivity contribution in [3.8, 4) is 11.5 Å². The number of fused-ring (bicyclic) bond motifs is 3. The molecule has 1 N–H and O–H groups in total. The number of hydrogen-bond acceptors (Lipinski definition) is 6. The Balaban J connectivity index is 1.42. The molecule has 0 bridgehead atoms. The first-order valence-electron chi connectivity index (χ1n) is 11.3. The molecule has 36 heavy (non-hydrogen) atoms. The Morgan fingerprint density at radius 3 is 2.69 bits per heavy atom. The molecular weight excluding hydrogens is 542 g/mol. The Morgan fingerprint density at radius 1 is 1.14 bits per heavy atom. The van der Waals surface area contributed by atoms with Crippen molar-refractivity contribution in [1.29, 1.82) is 0 Å². The lowest BCUT2D eigenvalue weighted by Gasteiger charge is -2.14. The topological polar surface area (TPSA) is 81.9 Å². The molecule has 0 aliphatic heterocycles. The lowest BCUT2D eigenvalue weighted by molar-refractivity contribution is -0.118. The van der Waals surface area contributed by atoms with Gasteiger partial charge in [0.05, 0.1) is 26.6 Å². The number of benzene rings is 3. The molecule has 0 radical (unpaired) electrons. The number of ether oxygens (including phenoxy) is 2. The molecule has 5 rings (SSSR count). The van der Waals surface area contributed by atoms with Crippen LogP contribution in [-0.2, 0) is 4.79 Å². The zero-order valence-corrected chi connectivity index (χ0v) is 22.0. The van der Waals surface area contributed by atoms with Gasteiger partial charge in [0, 0.05) is 5.69 Å². The van der Waals surface area contributed by atoms with Gasteiger partial charge in [-0.3, -0.25) is 9.59 Å². The summed E-state index contributed by atoms with van der Waals surface area (Å²) in [6.07, 6.45) is 1.80. The molecule has 7 nitrogen and oxygen atoms in total. The number of amides is 1. The van der Waals surface area contributed by atoms with Gasteiger partial charge in [-0.25, -0.2) is 9.38 Å². The number of para-hydroxylation sites is 2. The van der Waals surface area contributed by atoms with Crippen LogP contribution in [0.3, 0.4) is 0 Å². The van der Waals surface area contributed by atoms with E-state index in [1.807, 2.05) is 68.4 Å². The monoisotopic (exact) mass is 563 g/mol. The quantitative estimate of drug-likeness (QED) is 0.303. The smallest absolute Gasteiger partial charge is 0.274 e. The fraction of sp³-hybridized carbons (Fsp3) is 0.148. The number of aromatic nitrogens is 2. The normalized spacial score (nSPS) is 11.8. The second kappa shape index (κ2) is 10.1. The molecule has 5 aromatic rings. The number of aryl methyl sites for hydroxylation is 1. The van der Waals surface area contributed by atoms with Crippen LogP contribution in [0.2, 0.25) is 0 Å². The predicted octanol–water partition coefficient (Wildman–Crippen LogP) is 4.94. The highest BCUT2D eigenvalue weighted by molar-refractivity contribution is 9.10. The van der Waals surface area contributed by atoms with Gasteiger partial charge in [-0.1, -0.05) is 41.2 Å². The van der Waals surface area contributed by atoms with Crippen LogP contribution in [0.25, 0.3) is 22.1 Å². The first-order chi connectivity index (χ1) is 17.4. The van der Waals surface area contributed by atoms with Crippen molar-refractivity contribution in [3.63, 3.8) is 0 Å². The van der Waals surface area contributed by atoms with Crippen LogP contribution in [0.1, 0.15) is 18.1 Å². The number of nitrogens with one attached hydrogen (secondary N) is 1. The van der Waals surface area contributed by atoms with E-state index in [1.165, 1.54) is 11.3 Å². The molecule has 0 aliphatic carbocycles. The standard InChI is InChI=1S/C27H22BrN3O4S/c1-3-34-22-13-17(14-23-26(33)31-21-7-5-4-6-20(21)30-27(31)36-23)12-19(28)25(22)35-15-24(32)29-18-10-8-16(2)9-11-18/h4-14H,3,15H2,1-2H3,(H,29,32)/b23-14-. The van der Waals surface area contributed by atoms with E-state index < -0.39 is 0 Å². The molecule has 182 valence electrons. The summed E-state index contributed by atoms with van der Waals surface area (Å²) in [5.74, 6) is 0.608. The Morgan fingerprint density at radius 2 is 1.92 bits per heavy atom. The highest BCUT2D eigenvalue weighted by atomic mass is 79.9. The van der Waals surface area contributed by atoms with Crippen molar-refractivity contribution in [3.05, 3.63) is 91.1 Å². The zero-order chi connectivity index (χ0) is 25.2. The van der Waals surface area contributed by atoms with E-state index in [2.05, 4.69) is 26.2 Å². The van der Waals surface area contributed by atoms with E-state index in [1.54, 1.807) is 16.5 Å². The number of nitrogens with zero attached hydrogens (tertiary/aromatic N) is 2. The van der Waals surface area contributed by atoms with Crippen LogP contribution < -0.4 is 24.9 Å². The Labute approximate surface area is 219 Å². The molecule has 0 unspecified atom stereocenters. The number of anilines is 1. The predicted molar refractivity (Wildman–Crippen MR) is 146 cm³/mol. The summed E-state index contributed by atoms with van der Waals surface area (Å²) in [6.45, 7) is 4.08. The number of thiazole rings is 1. The van der Waals surface area contributed by atoms with Crippen LogP contribution in [-0.4, -0.2) is 28.5 Å². The summed E-state index contributed by atoms with van der Waals surface area (Å²) in [4.78, 5) is 30.7. The Kier molecular flexibility index (Phi) is 6.75. The molecule has 0 saturated carbocycles. The lowest BCUT2D eigenvalue weighted by Crippen LogP contribution is -2.22. The average Bonchev–Trinajstić information content (AvgIpc) is 3.36. The van der Waals surface area contributed by atoms with E-state index in [-0.39, 0.29) is 18.1 Å². The van der Waals surface area contributed by atoms with Gasteiger partial charge in [-0.15, -0.1) is 0 Å². The van der Waals surface area contributed by atoms with Crippen molar-refractivity contribution < 1.29 is 14.3 Å². The Hall–Kier alpha value is -3.69. The third kappa shape index (κ3) is 4.84. The number of carbonyl (C=O) groups excluding carboxylic acids is 1. The van der Waals surface area contributed by atoms with Crippen molar-refractivity contribution in [1.82, 2.24) is 9.38 Å². The van der Waals surface area contributed by atoms with Gasteiger partial charge in [0.25, 0.3) is 11.5 Å². The molecule has 0 fully saturated rings. The van der Waals surface area contributed by atoms with Crippen molar-refractivity contribution in [2.24, 2.45) is 0 Å². The fourth-order valence-corrected chi connectivity index (χ4v) is 5.37. The van der Waals surface area contributed by atoms with E-state index in [9.17, 15) is 9.59 Å². The molecule has 2 heterocycles. The zero-order valence-electron chi connectivity index (χ0n) is 19.6. The minimum Gasteiger partial charge on any atom is -0.490 e. The van der Waals surface area contributed by atoms with Crippen molar-refractivity contribution in [2.45, 2.75) is 13.8 Å². The van der Waals surface area contributed by atoms with E-state index >= 15 is 0 Å². The molecule has 1 amide bonds. The van der Waals surface area contributed by atoms with Crippen molar-refractivity contribution >= 4 is 60.9 Å². The van der Waals surface area contributed by atoms with Gasteiger partial charge in [-0.05, 0) is 77.8 Å². The third-order valence-corrected chi connectivity index (χ3v) is 7.02. The van der Waals surface area contributed by atoms with Crippen molar-refractivity contribution in [2.75, 3.05) is 18.5 Å². The van der Waals surface area contributed by atoms with Gasteiger partial charge in [-0.2, -0.15) is 0 Å². The summed E-state index contributed by atoms with van der Waals surface area (Å²) in [7, 11) is 0. The van der Waals surface area contributed by atoms with Gasteiger partial charge < -0.3 is 14.8 Å². The highest BCUT2D eigenvalue weighted by Gasteiger charge is 2.15. The fourth-order valence-electron chi connectivity index (χ4n) is 3.81. The number of carbonyl (C=O) groups is 1.